The number of H-pyrrole nitrogens is 1. The minimum Gasteiger partial charge on any atom is -0.234 e. The molecule has 0 spiro atoms. The molecule has 3 aromatic rings. The van der Waals surface area contributed by atoms with Gasteiger partial charge in [-0.05, 0) is 36.8 Å². The van der Waals surface area contributed by atoms with Gasteiger partial charge < -0.3 is 0 Å². The third-order valence-electron chi connectivity index (χ3n) is 4.17. The molecule has 0 saturated carbocycles. The van der Waals surface area contributed by atoms with Crippen LogP contribution in [0.25, 0.3) is 11.4 Å². The lowest BCUT2D eigenvalue weighted by molar-refractivity contribution is -0.672. The molecule has 0 saturated heterocycles. The number of halogens is 1. The van der Waals surface area contributed by atoms with Crippen molar-refractivity contribution in [2.75, 3.05) is 0 Å². The fourth-order valence-electron chi connectivity index (χ4n) is 3.12. The molecule has 0 aliphatic carbocycles. The van der Waals surface area contributed by atoms with E-state index in [1.54, 1.807) is 16.8 Å². The predicted octanol–water partition coefficient (Wildman–Crippen LogP) is 2.76. The maximum Gasteiger partial charge on any atom is 0.402 e. The fraction of sp³-hybridized carbons (Fsp3) is 0.176. The van der Waals surface area contributed by atoms with Crippen molar-refractivity contribution >= 4 is 11.6 Å². The summed E-state index contributed by atoms with van der Waals surface area (Å²) in [5.41, 5.74) is 3.84. The summed E-state index contributed by atoms with van der Waals surface area (Å²) in [5, 5.41) is 3.85. The summed E-state index contributed by atoms with van der Waals surface area (Å²) in [6, 6.07) is 15.4. The number of rotatable bonds is 1. The maximum absolute atomic E-state index is 12.8. The van der Waals surface area contributed by atoms with E-state index in [0.717, 1.165) is 23.5 Å². The molecular weight excluding hydrogens is 298 g/mol. The molecule has 1 unspecified atom stereocenters. The zero-order valence-electron chi connectivity index (χ0n) is 12.1. The van der Waals surface area contributed by atoms with E-state index >= 15 is 0 Å². The maximum atomic E-state index is 12.8. The fourth-order valence-corrected chi connectivity index (χ4v) is 3.24. The Morgan fingerprint density at radius 2 is 1.91 bits per heavy atom. The van der Waals surface area contributed by atoms with Gasteiger partial charge >= 0.3 is 5.56 Å². The van der Waals surface area contributed by atoms with Gasteiger partial charge in [-0.2, -0.15) is 0 Å². The number of nitrogens with one attached hydrogen (secondary N) is 1. The monoisotopic (exact) mass is 312 g/mol. The van der Waals surface area contributed by atoms with Crippen LogP contribution in [0.1, 0.15) is 24.1 Å². The van der Waals surface area contributed by atoms with E-state index in [1.807, 2.05) is 35.0 Å². The summed E-state index contributed by atoms with van der Waals surface area (Å²) < 4.78 is 3.48. The first-order chi connectivity index (χ1) is 10.6. The van der Waals surface area contributed by atoms with Crippen LogP contribution in [0.5, 0.6) is 0 Å². The normalized spacial score (nSPS) is 16.2. The van der Waals surface area contributed by atoms with Gasteiger partial charge in [0.25, 0.3) is 0 Å². The highest BCUT2D eigenvalue weighted by Crippen LogP contribution is 2.24. The number of fused-ring (bicyclic) bond motifs is 3. The number of aromatic nitrogens is 3. The molecule has 0 bridgehead atoms. The van der Waals surface area contributed by atoms with Crippen molar-refractivity contribution in [3.63, 3.8) is 0 Å². The first kappa shape index (κ1) is 13.3. The SMILES string of the molecule is CC1Cc2ccccc2-[n+]2[nH]n(-c3ccc(Cl)cc3)c(=O)c21. The second-order valence-electron chi connectivity index (χ2n) is 5.67. The van der Waals surface area contributed by atoms with Crippen LogP contribution in [0.2, 0.25) is 5.02 Å². The Morgan fingerprint density at radius 3 is 2.68 bits per heavy atom. The van der Waals surface area contributed by atoms with E-state index in [4.69, 9.17) is 11.6 Å². The van der Waals surface area contributed by atoms with E-state index in [9.17, 15) is 4.79 Å². The summed E-state index contributed by atoms with van der Waals surface area (Å²) in [6.07, 6.45) is 0.879. The molecule has 1 N–H and O–H groups in total. The molecule has 1 aliphatic rings. The van der Waals surface area contributed by atoms with Crippen molar-refractivity contribution < 1.29 is 4.68 Å². The van der Waals surface area contributed by atoms with Crippen LogP contribution in [0.15, 0.2) is 53.3 Å². The van der Waals surface area contributed by atoms with E-state index in [0.29, 0.717) is 5.02 Å². The second-order valence-corrected chi connectivity index (χ2v) is 6.11. The van der Waals surface area contributed by atoms with Crippen LogP contribution >= 0.6 is 11.6 Å². The molecular formula is C17H15ClN3O+. The van der Waals surface area contributed by atoms with E-state index < -0.39 is 0 Å². The highest BCUT2D eigenvalue weighted by atomic mass is 35.5. The summed E-state index contributed by atoms with van der Waals surface area (Å²) in [4.78, 5) is 12.8. The molecule has 2 aromatic carbocycles. The van der Waals surface area contributed by atoms with Crippen LogP contribution in [-0.4, -0.2) is 9.90 Å². The lowest BCUT2D eigenvalue weighted by atomic mass is 9.93. The minimum absolute atomic E-state index is 0.00988. The standard InChI is InChI=1S/C17H14ClN3O/c1-11-10-12-4-2-3-5-15(12)21-16(11)17(22)20(19-21)14-8-6-13(18)7-9-14/h2-9,11H,10H2,1H3/p+1. The first-order valence-corrected chi connectivity index (χ1v) is 7.64. The van der Waals surface area contributed by atoms with Crippen LogP contribution < -0.4 is 10.2 Å². The van der Waals surface area contributed by atoms with E-state index in [1.165, 1.54) is 5.56 Å². The molecule has 4 nitrogen and oxygen atoms in total. The van der Waals surface area contributed by atoms with Gasteiger partial charge in [-0.1, -0.05) is 46.6 Å². The van der Waals surface area contributed by atoms with Gasteiger partial charge in [0, 0.05) is 16.5 Å². The summed E-state index contributed by atoms with van der Waals surface area (Å²) in [5.74, 6) is 0.173. The Kier molecular flexibility index (Phi) is 2.94. The lowest BCUT2D eigenvalue weighted by Gasteiger charge is -2.16. The Balaban J connectivity index is 1.96. The second kappa shape index (κ2) is 4.85. The van der Waals surface area contributed by atoms with Gasteiger partial charge in [0.15, 0.2) is 11.4 Å². The number of hydrogen-bond acceptors (Lipinski definition) is 1. The topological polar surface area (TPSA) is 41.7 Å². The largest absolute Gasteiger partial charge is 0.402 e. The molecule has 0 amide bonds. The molecule has 1 aliphatic heterocycles. The Labute approximate surface area is 132 Å². The zero-order valence-corrected chi connectivity index (χ0v) is 12.8. The third-order valence-corrected chi connectivity index (χ3v) is 4.43. The van der Waals surface area contributed by atoms with Crippen molar-refractivity contribution in [3.05, 3.63) is 75.2 Å². The molecule has 2 heterocycles. The number of para-hydroxylation sites is 1. The van der Waals surface area contributed by atoms with Gasteiger partial charge in [-0.15, -0.1) is 4.68 Å². The smallest absolute Gasteiger partial charge is 0.234 e. The Bertz CT molecular complexity index is 908. The highest BCUT2D eigenvalue weighted by Gasteiger charge is 2.34. The van der Waals surface area contributed by atoms with Crippen molar-refractivity contribution in [1.29, 1.82) is 0 Å². The third kappa shape index (κ3) is 1.91. The highest BCUT2D eigenvalue weighted by molar-refractivity contribution is 6.30. The molecule has 110 valence electrons. The zero-order chi connectivity index (χ0) is 15.3. The van der Waals surface area contributed by atoms with Crippen molar-refractivity contribution in [2.45, 2.75) is 19.3 Å². The van der Waals surface area contributed by atoms with Crippen LogP contribution in [0.4, 0.5) is 0 Å². The van der Waals surface area contributed by atoms with Crippen LogP contribution in [0.3, 0.4) is 0 Å². The van der Waals surface area contributed by atoms with Gasteiger partial charge in [0.2, 0.25) is 5.69 Å². The van der Waals surface area contributed by atoms with E-state index in [-0.39, 0.29) is 11.5 Å². The van der Waals surface area contributed by atoms with E-state index in [2.05, 4.69) is 18.2 Å². The average Bonchev–Trinajstić information content (AvgIpc) is 2.87. The number of hydrogen-bond donors (Lipinski definition) is 1. The summed E-state index contributed by atoms with van der Waals surface area (Å²) in [7, 11) is 0. The number of benzene rings is 2. The summed E-state index contributed by atoms with van der Waals surface area (Å²) in [6.45, 7) is 2.09. The van der Waals surface area contributed by atoms with Crippen LogP contribution in [-0.2, 0) is 6.42 Å². The lowest BCUT2D eigenvalue weighted by Crippen LogP contribution is -2.44. The number of nitrogens with zero attached hydrogens (tertiary/aromatic N) is 2. The molecule has 1 aromatic heterocycles. The van der Waals surface area contributed by atoms with Gasteiger partial charge in [0.05, 0.1) is 0 Å². The summed E-state index contributed by atoms with van der Waals surface area (Å²) >= 11 is 5.93. The minimum atomic E-state index is -0.00988. The molecule has 4 rings (SSSR count). The van der Waals surface area contributed by atoms with Crippen LogP contribution in [0, 0.1) is 0 Å². The predicted molar refractivity (Wildman–Crippen MR) is 85.1 cm³/mol. The van der Waals surface area contributed by atoms with Crippen molar-refractivity contribution in [3.8, 4) is 11.4 Å². The Hall–Kier alpha value is -2.33. The van der Waals surface area contributed by atoms with Crippen molar-refractivity contribution in [1.82, 2.24) is 9.90 Å². The number of aromatic amines is 1. The molecule has 0 fully saturated rings. The quantitative estimate of drug-likeness (QED) is 0.690. The Morgan fingerprint density at radius 1 is 1.18 bits per heavy atom. The molecule has 0 radical (unpaired) electrons. The van der Waals surface area contributed by atoms with Gasteiger partial charge in [-0.3, -0.25) is 0 Å². The van der Waals surface area contributed by atoms with Gasteiger partial charge in [-0.25, -0.2) is 4.79 Å². The molecule has 22 heavy (non-hydrogen) atoms. The van der Waals surface area contributed by atoms with Crippen molar-refractivity contribution in [2.24, 2.45) is 0 Å². The average molecular weight is 313 g/mol. The first-order valence-electron chi connectivity index (χ1n) is 7.26. The van der Waals surface area contributed by atoms with Gasteiger partial charge in [0.1, 0.15) is 0 Å². The molecule has 1 atom stereocenters. The molecule has 5 heteroatoms.